The van der Waals surface area contributed by atoms with Gasteiger partial charge in [-0.15, -0.1) is 11.3 Å². The molecule has 2 rings (SSSR count). The Morgan fingerprint density at radius 2 is 2.05 bits per heavy atom. The fourth-order valence-corrected chi connectivity index (χ4v) is 4.60. The van der Waals surface area contributed by atoms with Crippen molar-refractivity contribution in [1.29, 1.82) is 0 Å². The van der Waals surface area contributed by atoms with E-state index >= 15 is 0 Å². The third-order valence-corrected chi connectivity index (χ3v) is 5.73. The molecular weight excluding hydrogens is 366 g/mol. The Morgan fingerprint density at radius 1 is 1.35 bits per heavy atom. The van der Waals surface area contributed by atoms with Crippen LogP contribution in [0.25, 0.3) is 0 Å². The number of aromatic carboxylic acids is 1. The first-order valence-corrected chi connectivity index (χ1v) is 8.56. The number of hydrogen-bond acceptors (Lipinski definition) is 4. The monoisotopic (exact) mass is 375 g/mol. The minimum Gasteiger partial charge on any atom is -0.477 e. The predicted molar refractivity (Wildman–Crippen MR) is 81.0 cm³/mol. The largest absolute Gasteiger partial charge is 0.477 e. The first-order valence-electron chi connectivity index (χ1n) is 5.41. The van der Waals surface area contributed by atoms with Crippen LogP contribution in [-0.4, -0.2) is 19.5 Å². The lowest BCUT2D eigenvalue weighted by molar-refractivity contribution is 0.0703. The van der Waals surface area contributed by atoms with E-state index in [9.17, 15) is 13.2 Å². The lowest BCUT2D eigenvalue weighted by Crippen LogP contribution is -2.15. The van der Waals surface area contributed by atoms with Gasteiger partial charge < -0.3 is 5.11 Å². The molecule has 1 heterocycles. The zero-order valence-corrected chi connectivity index (χ0v) is 13.5. The van der Waals surface area contributed by atoms with E-state index < -0.39 is 16.0 Å². The van der Waals surface area contributed by atoms with Gasteiger partial charge in [0.05, 0.1) is 5.69 Å². The van der Waals surface area contributed by atoms with Crippen LogP contribution in [0, 0.1) is 6.92 Å². The molecule has 0 spiro atoms. The molecule has 0 aliphatic heterocycles. The minimum atomic E-state index is -3.84. The van der Waals surface area contributed by atoms with E-state index in [1.54, 1.807) is 12.1 Å². The summed E-state index contributed by atoms with van der Waals surface area (Å²) in [5.74, 6) is -1.17. The van der Waals surface area contributed by atoms with Crippen LogP contribution in [0.2, 0.25) is 0 Å². The Bertz CT molecular complexity index is 768. The van der Waals surface area contributed by atoms with E-state index in [-0.39, 0.29) is 15.5 Å². The fraction of sp³-hybridized carbons (Fsp3) is 0.0833. The molecule has 0 aliphatic rings. The molecule has 2 aromatic rings. The number of carboxylic acid groups (broad SMARTS) is 1. The Balaban J connectivity index is 2.41. The number of carbonyl (C=O) groups is 1. The fourth-order valence-electron chi connectivity index (χ4n) is 1.58. The van der Waals surface area contributed by atoms with Crippen molar-refractivity contribution in [2.75, 3.05) is 4.72 Å². The van der Waals surface area contributed by atoms with Gasteiger partial charge in [-0.2, -0.15) is 0 Å². The van der Waals surface area contributed by atoms with Crippen molar-refractivity contribution < 1.29 is 18.3 Å². The number of anilines is 1. The van der Waals surface area contributed by atoms with Crippen molar-refractivity contribution in [2.45, 2.75) is 11.8 Å². The van der Waals surface area contributed by atoms with Crippen molar-refractivity contribution in [1.82, 2.24) is 0 Å². The van der Waals surface area contributed by atoms with E-state index in [1.165, 1.54) is 17.5 Å². The second-order valence-electron chi connectivity index (χ2n) is 4.01. The van der Waals surface area contributed by atoms with Crippen LogP contribution < -0.4 is 4.72 Å². The van der Waals surface area contributed by atoms with E-state index in [4.69, 9.17) is 5.11 Å². The summed E-state index contributed by atoms with van der Waals surface area (Å²) < 4.78 is 27.3. The maximum Gasteiger partial charge on any atom is 0.348 e. The number of benzene rings is 1. The SMILES string of the molecule is Cc1ccc(S(=O)(=O)Nc2ccsc2C(=O)O)c(Br)c1. The van der Waals surface area contributed by atoms with Crippen molar-refractivity contribution >= 4 is 48.9 Å². The van der Waals surface area contributed by atoms with E-state index in [0.717, 1.165) is 16.9 Å². The van der Waals surface area contributed by atoms with Gasteiger partial charge in [0.25, 0.3) is 10.0 Å². The van der Waals surface area contributed by atoms with Crippen LogP contribution in [0.15, 0.2) is 39.0 Å². The molecule has 0 amide bonds. The molecule has 106 valence electrons. The maximum absolute atomic E-state index is 12.3. The summed E-state index contributed by atoms with van der Waals surface area (Å²) in [4.78, 5) is 11.0. The van der Waals surface area contributed by atoms with Crippen LogP contribution in [0.4, 0.5) is 5.69 Å². The van der Waals surface area contributed by atoms with Gasteiger partial charge in [-0.1, -0.05) is 6.07 Å². The quantitative estimate of drug-likeness (QED) is 0.858. The molecule has 0 saturated carbocycles. The second kappa shape index (κ2) is 5.55. The van der Waals surface area contributed by atoms with Crippen LogP contribution in [0.5, 0.6) is 0 Å². The number of halogens is 1. The smallest absolute Gasteiger partial charge is 0.348 e. The van der Waals surface area contributed by atoms with E-state index in [2.05, 4.69) is 20.7 Å². The second-order valence-corrected chi connectivity index (χ2v) is 7.43. The standard InChI is InChI=1S/C12H10BrNO4S2/c1-7-2-3-10(8(13)6-7)20(17,18)14-9-4-5-19-11(9)12(15)16/h2-6,14H,1H3,(H,15,16). The van der Waals surface area contributed by atoms with E-state index in [1.807, 2.05) is 6.92 Å². The Morgan fingerprint density at radius 3 is 2.65 bits per heavy atom. The molecule has 0 fully saturated rings. The average Bonchev–Trinajstić information content (AvgIpc) is 2.75. The summed E-state index contributed by atoms with van der Waals surface area (Å²) in [5.41, 5.74) is 0.979. The summed E-state index contributed by atoms with van der Waals surface area (Å²) in [7, 11) is -3.84. The van der Waals surface area contributed by atoms with Crippen molar-refractivity contribution in [3.05, 3.63) is 44.6 Å². The van der Waals surface area contributed by atoms with Gasteiger partial charge in [-0.25, -0.2) is 13.2 Å². The molecule has 1 aromatic heterocycles. The van der Waals surface area contributed by atoms with Gasteiger partial charge in [0.2, 0.25) is 0 Å². The molecule has 8 heteroatoms. The predicted octanol–water partition coefficient (Wildman–Crippen LogP) is 3.32. The molecule has 0 bridgehead atoms. The maximum atomic E-state index is 12.3. The lowest BCUT2D eigenvalue weighted by Gasteiger charge is -2.09. The van der Waals surface area contributed by atoms with Gasteiger partial charge in [0.1, 0.15) is 9.77 Å². The number of nitrogens with one attached hydrogen (secondary N) is 1. The molecule has 0 saturated heterocycles. The number of aryl methyl sites for hydroxylation is 1. The normalized spacial score (nSPS) is 11.3. The van der Waals surface area contributed by atoms with Gasteiger partial charge >= 0.3 is 5.97 Å². The molecule has 0 aliphatic carbocycles. The van der Waals surface area contributed by atoms with E-state index in [0.29, 0.717) is 4.47 Å². The highest BCUT2D eigenvalue weighted by atomic mass is 79.9. The zero-order chi connectivity index (χ0) is 14.9. The van der Waals surface area contributed by atoms with Crippen molar-refractivity contribution in [2.24, 2.45) is 0 Å². The van der Waals surface area contributed by atoms with Gasteiger partial charge in [0.15, 0.2) is 0 Å². The number of sulfonamides is 1. The summed E-state index contributed by atoms with van der Waals surface area (Å²) in [5, 5.41) is 10.5. The molecule has 20 heavy (non-hydrogen) atoms. The van der Waals surface area contributed by atoms with Crippen LogP contribution in [0.1, 0.15) is 15.2 Å². The summed E-state index contributed by atoms with van der Waals surface area (Å²) in [6.45, 7) is 1.84. The third kappa shape index (κ3) is 3.02. The van der Waals surface area contributed by atoms with Gasteiger partial charge in [-0.3, -0.25) is 4.72 Å². The number of carboxylic acids is 1. The van der Waals surface area contributed by atoms with Crippen molar-refractivity contribution in [3.8, 4) is 0 Å². The summed E-state index contributed by atoms with van der Waals surface area (Å²) >= 11 is 4.16. The molecule has 1 aromatic carbocycles. The highest BCUT2D eigenvalue weighted by Crippen LogP contribution is 2.28. The number of hydrogen-bond donors (Lipinski definition) is 2. The topological polar surface area (TPSA) is 83.5 Å². The Hall–Kier alpha value is -1.38. The first kappa shape index (κ1) is 15.0. The van der Waals surface area contributed by atoms with Crippen LogP contribution >= 0.6 is 27.3 Å². The minimum absolute atomic E-state index is 0.0446. The van der Waals surface area contributed by atoms with Gasteiger partial charge in [0, 0.05) is 4.47 Å². The molecule has 5 nitrogen and oxygen atoms in total. The van der Waals surface area contributed by atoms with Crippen molar-refractivity contribution in [3.63, 3.8) is 0 Å². The van der Waals surface area contributed by atoms with Crippen LogP contribution in [-0.2, 0) is 10.0 Å². The molecule has 0 unspecified atom stereocenters. The Kier molecular flexibility index (Phi) is 4.17. The lowest BCUT2D eigenvalue weighted by atomic mass is 10.2. The third-order valence-electron chi connectivity index (χ3n) is 2.48. The van der Waals surface area contributed by atoms with Crippen LogP contribution in [0.3, 0.4) is 0 Å². The van der Waals surface area contributed by atoms with Gasteiger partial charge in [-0.05, 0) is 52.0 Å². The highest BCUT2D eigenvalue weighted by molar-refractivity contribution is 9.10. The number of rotatable bonds is 4. The molecule has 2 N–H and O–H groups in total. The summed E-state index contributed by atoms with van der Waals surface area (Å²) in [6, 6.07) is 6.24. The first-order chi connectivity index (χ1) is 9.31. The zero-order valence-electron chi connectivity index (χ0n) is 10.3. The molecular formula is C12H10BrNO4S2. The Labute approximate surface area is 128 Å². The summed E-state index contributed by atoms with van der Waals surface area (Å²) in [6.07, 6.45) is 0. The molecule has 0 radical (unpaired) electrons. The highest BCUT2D eigenvalue weighted by Gasteiger charge is 2.21. The number of thiophene rings is 1. The molecule has 0 atom stereocenters. The average molecular weight is 376 g/mol.